The molecule has 1 amide bonds. The molecule has 0 unspecified atom stereocenters. The molecule has 0 radical (unpaired) electrons. The molecule has 0 aliphatic heterocycles. The summed E-state index contributed by atoms with van der Waals surface area (Å²) in [6.45, 7) is 0.143. The number of amides is 1. The summed E-state index contributed by atoms with van der Waals surface area (Å²) >= 11 is 2.17. The lowest BCUT2D eigenvalue weighted by molar-refractivity contribution is -0.136. The lowest BCUT2D eigenvalue weighted by Gasteiger charge is -2.22. The third-order valence-corrected chi connectivity index (χ3v) is 3.67. The summed E-state index contributed by atoms with van der Waals surface area (Å²) in [4.78, 5) is 24.9. The van der Waals surface area contributed by atoms with Gasteiger partial charge in [0.15, 0.2) is 0 Å². The predicted molar refractivity (Wildman–Crippen MR) is 89.5 cm³/mol. The Hall–Kier alpha value is -1.89. The third-order valence-electron chi connectivity index (χ3n) is 2.95. The summed E-state index contributed by atoms with van der Waals surface area (Å²) in [6.07, 6.45) is -0.0923. The van der Waals surface area contributed by atoms with Gasteiger partial charge in [-0.05, 0) is 59.0 Å². The van der Waals surface area contributed by atoms with E-state index >= 15 is 0 Å². The average Bonchev–Trinajstić information content (AvgIpc) is 2.49. The molecule has 0 bridgehead atoms. The SMILES string of the molecule is O=C(O)CCN(C(=O)c1ccc(I)cc1)c1ccccc1. The van der Waals surface area contributed by atoms with Crippen LogP contribution in [0.4, 0.5) is 5.69 Å². The van der Waals surface area contributed by atoms with Crippen molar-refractivity contribution in [2.75, 3.05) is 11.4 Å². The lowest BCUT2D eigenvalue weighted by Crippen LogP contribution is -2.33. The van der Waals surface area contributed by atoms with Gasteiger partial charge >= 0.3 is 5.97 Å². The van der Waals surface area contributed by atoms with Crippen molar-refractivity contribution in [3.05, 3.63) is 63.7 Å². The molecule has 5 heteroatoms. The quantitative estimate of drug-likeness (QED) is 0.790. The fourth-order valence-corrected chi connectivity index (χ4v) is 2.27. The van der Waals surface area contributed by atoms with Crippen LogP contribution in [0.1, 0.15) is 16.8 Å². The van der Waals surface area contributed by atoms with Gasteiger partial charge in [0.1, 0.15) is 0 Å². The third kappa shape index (κ3) is 4.29. The van der Waals surface area contributed by atoms with Gasteiger partial charge in [0.05, 0.1) is 6.42 Å². The minimum absolute atomic E-state index is 0.0923. The number of halogens is 1. The molecular weight excluding hydrogens is 381 g/mol. The summed E-state index contributed by atoms with van der Waals surface area (Å²) in [7, 11) is 0. The standard InChI is InChI=1S/C16H14INO3/c17-13-8-6-12(7-9-13)16(21)18(11-10-15(19)20)14-4-2-1-3-5-14/h1-9H,10-11H2,(H,19,20). The van der Waals surface area contributed by atoms with Crippen LogP contribution in [0.25, 0.3) is 0 Å². The van der Waals surface area contributed by atoms with Crippen molar-refractivity contribution in [3.63, 3.8) is 0 Å². The van der Waals surface area contributed by atoms with E-state index in [2.05, 4.69) is 22.6 Å². The van der Waals surface area contributed by atoms with Crippen LogP contribution in [0.2, 0.25) is 0 Å². The van der Waals surface area contributed by atoms with Crippen molar-refractivity contribution < 1.29 is 14.7 Å². The second kappa shape index (κ2) is 7.21. The normalized spacial score (nSPS) is 10.1. The molecule has 1 N–H and O–H groups in total. The molecule has 2 aromatic carbocycles. The molecule has 0 aliphatic carbocycles. The van der Waals surface area contributed by atoms with E-state index in [0.717, 1.165) is 3.57 Å². The maximum Gasteiger partial charge on any atom is 0.305 e. The van der Waals surface area contributed by atoms with Crippen molar-refractivity contribution in [1.29, 1.82) is 0 Å². The molecule has 21 heavy (non-hydrogen) atoms. The van der Waals surface area contributed by atoms with Crippen LogP contribution in [0, 0.1) is 3.57 Å². The number of para-hydroxylation sites is 1. The first-order valence-electron chi connectivity index (χ1n) is 6.42. The molecule has 4 nitrogen and oxygen atoms in total. The Balaban J connectivity index is 2.28. The summed E-state index contributed by atoms with van der Waals surface area (Å²) in [6, 6.07) is 16.3. The summed E-state index contributed by atoms with van der Waals surface area (Å²) in [5.74, 6) is -1.12. The zero-order valence-electron chi connectivity index (χ0n) is 11.2. The molecule has 0 aromatic heterocycles. The van der Waals surface area contributed by atoms with E-state index in [-0.39, 0.29) is 18.9 Å². The van der Waals surface area contributed by atoms with Crippen LogP contribution in [0.5, 0.6) is 0 Å². The highest BCUT2D eigenvalue weighted by atomic mass is 127. The Labute approximate surface area is 136 Å². The number of anilines is 1. The topological polar surface area (TPSA) is 57.6 Å². The van der Waals surface area contributed by atoms with Crippen LogP contribution in [-0.4, -0.2) is 23.5 Å². The second-order valence-corrected chi connectivity index (χ2v) is 5.69. The Morgan fingerprint density at radius 1 is 1.00 bits per heavy atom. The number of carbonyl (C=O) groups excluding carboxylic acids is 1. The maximum absolute atomic E-state index is 12.6. The largest absolute Gasteiger partial charge is 0.481 e. The van der Waals surface area contributed by atoms with Gasteiger partial charge in [-0.15, -0.1) is 0 Å². The number of aliphatic carboxylic acids is 1. The number of rotatable bonds is 5. The van der Waals surface area contributed by atoms with Gasteiger partial charge in [0.25, 0.3) is 5.91 Å². The van der Waals surface area contributed by atoms with Crippen LogP contribution in [0.3, 0.4) is 0 Å². The molecule has 0 spiro atoms. The molecule has 0 aliphatic rings. The van der Waals surface area contributed by atoms with Gasteiger partial charge in [-0.2, -0.15) is 0 Å². The minimum atomic E-state index is -0.925. The van der Waals surface area contributed by atoms with Crippen molar-refractivity contribution in [2.45, 2.75) is 6.42 Å². The summed E-state index contributed by atoms with van der Waals surface area (Å²) in [5, 5.41) is 8.86. The summed E-state index contributed by atoms with van der Waals surface area (Å²) in [5.41, 5.74) is 1.24. The van der Waals surface area contributed by atoms with Crippen LogP contribution in [0.15, 0.2) is 54.6 Å². The van der Waals surface area contributed by atoms with E-state index in [0.29, 0.717) is 11.3 Å². The van der Waals surface area contributed by atoms with E-state index < -0.39 is 5.97 Å². The highest BCUT2D eigenvalue weighted by Gasteiger charge is 2.18. The number of benzene rings is 2. The number of hydrogen-bond donors (Lipinski definition) is 1. The summed E-state index contributed by atoms with van der Waals surface area (Å²) < 4.78 is 1.04. The monoisotopic (exact) mass is 395 g/mol. The van der Waals surface area contributed by atoms with E-state index in [4.69, 9.17) is 5.11 Å². The Bertz CT molecular complexity index is 626. The van der Waals surface area contributed by atoms with Gasteiger partial charge in [0.2, 0.25) is 0 Å². The Kier molecular flexibility index (Phi) is 5.32. The Morgan fingerprint density at radius 2 is 1.62 bits per heavy atom. The molecule has 0 saturated carbocycles. The fraction of sp³-hybridized carbons (Fsp3) is 0.125. The molecule has 0 atom stereocenters. The zero-order valence-corrected chi connectivity index (χ0v) is 13.4. The first kappa shape index (κ1) is 15.5. The van der Waals surface area contributed by atoms with Gasteiger partial charge in [-0.3, -0.25) is 9.59 Å². The smallest absolute Gasteiger partial charge is 0.305 e. The zero-order chi connectivity index (χ0) is 15.2. The van der Waals surface area contributed by atoms with Crippen LogP contribution >= 0.6 is 22.6 Å². The van der Waals surface area contributed by atoms with Crippen LogP contribution < -0.4 is 4.90 Å². The van der Waals surface area contributed by atoms with Crippen LogP contribution in [-0.2, 0) is 4.79 Å². The molecular formula is C16H14INO3. The van der Waals surface area contributed by atoms with Crippen molar-refractivity contribution in [2.24, 2.45) is 0 Å². The van der Waals surface area contributed by atoms with E-state index in [1.165, 1.54) is 4.90 Å². The van der Waals surface area contributed by atoms with Crippen molar-refractivity contribution >= 4 is 40.2 Å². The van der Waals surface area contributed by atoms with Crippen molar-refractivity contribution in [3.8, 4) is 0 Å². The lowest BCUT2D eigenvalue weighted by atomic mass is 10.1. The Morgan fingerprint density at radius 3 is 2.19 bits per heavy atom. The number of carboxylic acids is 1. The molecule has 0 fully saturated rings. The molecule has 2 aromatic rings. The molecule has 2 rings (SSSR count). The average molecular weight is 395 g/mol. The predicted octanol–water partition coefficient (Wildman–Crippen LogP) is 3.41. The first-order valence-corrected chi connectivity index (χ1v) is 7.50. The van der Waals surface area contributed by atoms with Crippen molar-refractivity contribution in [1.82, 2.24) is 0 Å². The molecule has 0 saturated heterocycles. The van der Waals surface area contributed by atoms with Gasteiger partial charge in [0, 0.05) is 21.4 Å². The number of hydrogen-bond acceptors (Lipinski definition) is 2. The van der Waals surface area contributed by atoms with Gasteiger partial charge < -0.3 is 10.0 Å². The highest BCUT2D eigenvalue weighted by molar-refractivity contribution is 14.1. The maximum atomic E-state index is 12.6. The number of carbonyl (C=O) groups is 2. The minimum Gasteiger partial charge on any atom is -0.481 e. The number of nitrogens with zero attached hydrogens (tertiary/aromatic N) is 1. The highest BCUT2D eigenvalue weighted by Crippen LogP contribution is 2.18. The fourth-order valence-electron chi connectivity index (χ4n) is 1.91. The first-order chi connectivity index (χ1) is 10.1. The molecule has 108 valence electrons. The van der Waals surface area contributed by atoms with E-state index in [9.17, 15) is 9.59 Å². The molecule has 0 heterocycles. The van der Waals surface area contributed by atoms with E-state index in [1.807, 2.05) is 30.3 Å². The second-order valence-electron chi connectivity index (χ2n) is 4.44. The van der Waals surface area contributed by atoms with E-state index in [1.54, 1.807) is 24.3 Å². The van der Waals surface area contributed by atoms with Gasteiger partial charge in [-0.25, -0.2) is 0 Å². The van der Waals surface area contributed by atoms with Gasteiger partial charge in [-0.1, -0.05) is 18.2 Å². The number of carboxylic acid groups (broad SMARTS) is 1.